The van der Waals surface area contributed by atoms with Crippen LogP contribution in [-0.2, 0) is 37.7 Å². The Bertz CT molecular complexity index is 1910. The molecular formula is C43H55FN4O7Si. The average Bonchev–Trinajstić information content (AvgIpc) is 3.59. The van der Waals surface area contributed by atoms with Crippen LogP contribution >= 0.6 is 0 Å². The summed E-state index contributed by atoms with van der Waals surface area (Å²) in [5, 5.41) is 22.6. The molecule has 3 N–H and O–H groups in total. The van der Waals surface area contributed by atoms with Crippen molar-refractivity contribution in [2.24, 2.45) is 5.92 Å². The lowest BCUT2D eigenvalue weighted by Gasteiger charge is -2.36. The molecule has 6 rings (SSSR count). The van der Waals surface area contributed by atoms with Crippen LogP contribution in [0.1, 0.15) is 49.8 Å². The van der Waals surface area contributed by atoms with E-state index in [9.17, 15) is 24.6 Å². The molecule has 3 aromatic carbocycles. The Balaban J connectivity index is 1.42. The Morgan fingerprint density at radius 1 is 1.09 bits per heavy atom. The fraction of sp³-hybridized carbons (Fsp3) is 0.465. The molecule has 56 heavy (non-hydrogen) atoms. The predicted molar refractivity (Wildman–Crippen MR) is 217 cm³/mol. The van der Waals surface area contributed by atoms with Gasteiger partial charge < -0.3 is 38.9 Å². The summed E-state index contributed by atoms with van der Waals surface area (Å²) in [6.45, 7) is 12.2. The van der Waals surface area contributed by atoms with E-state index in [1.54, 1.807) is 33.9 Å². The number of rotatable bonds is 17. The second-order valence-electron chi connectivity index (χ2n) is 15.4. The quantitative estimate of drug-likeness (QED) is 0.0683. The first-order valence-electron chi connectivity index (χ1n) is 19.7. The summed E-state index contributed by atoms with van der Waals surface area (Å²) in [4.78, 5) is 48.1. The Hall–Kier alpha value is -4.40. The Kier molecular flexibility index (Phi) is 12.8. The van der Waals surface area contributed by atoms with Gasteiger partial charge >= 0.3 is 0 Å². The molecule has 3 aliphatic heterocycles. The highest BCUT2D eigenvalue weighted by Crippen LogP contribution is 2.61. The minimum Gasteiger partial charge on any atom is -0.494 e. The van der Waals surface area contributed by atoms with Crippen LogP contribution in [0.5, 0.6) is 5.75 Å². The van der Waals surface area contributed by atoms with Gasteiger partial charge in [-0.25, -0.2) is 0 Å². The van der Waals surface area contributed by atoms with Gasteiger partial charge in [0.25, 0.3) is 5.91 Å². The Morgan fingerprint density at radius 3 is 2.52 bits per heavy atom. The fourth-order valence-corrected chi connectivity index (χ4v) is 11.4. The number of carbonyl (C=O) groups is 3. The fourth-order valence-electron chi connectivity index (χ4n) is 8.92. The SMILES string of the molecule is C=CCN1C(=O)[C@@]2(O[C@@H](CC(=O)N(CCO)Cc3ccccc3)[C@H]([Si](C)(C)F)[C@H]2C)c2cc(N3C(=O)C(NCCCCO)Cc4cc(OCC)ccc43)ccc21. The third-order valence-electron chi connectivity index (χ3n) is 11.3. The van der Waals surface area contributed by atoms with E-state index < -0.39 is 37.6 Å². The predicted octanol–water partition coefficient (Wildman–Crippen LogP) is 5.76. The van der Waals surface area contributed by atoms with Crippen LogP contribution in [0, 0.1) is 5.92 Å². The Morgan fingerprint density at radius 2 is 1.84 bits per heavy atom. The number of fused-ring (bicyclic) bond motifs is 3. The normalized spacial score (nSPS) is 23.1. The first kappa shape index (κ1) is 41.2. The number of aliphatic hydroxyl groups excluding tert-OH is 2. The summed E-state index contributed by atoms with van der Waals surface area (Å²) in [6.07, 6.45) is 2.29. The van der Waals surface area contributed by atoms with E-state index in [1.165, 1.54) is 0 Å². The van der Waals surface area contributed by atoms with E-state index in [2.05, 4.69) is 11.9 Å². The number of benzene rings is 3. The summed E-state index contributed by atoms with van der Waals surface area (Å²) in [5.74, 6) is -0.808. The molecule has 1 spiro atoms. The van der Waals surface area contributed by atoms with E-state index in [0.717, 1.165) is 11.1 Å². The van der Waals surface area contributed by atoms with Crippen LogP contribution in [0.15, 0.2) is 79.4 Å². The molecule has 0 aromatic heterocycles. The molecule has 5 atom stereocenters. The van der Waals surface area contributed by atoms with Crippen LogP contribution < -0.4 is 19.9 Å². The van der Waals surface area contributed by atoms with E-state index in [0.29, 0.717) is 60.8 Å². The number of ether oxygens (including phenoxy) is 2. The van der Waals surface area contributed by atoms with Gasteiger partial charge in [0, 0.05) is 49.0 Å². The summed E-state index contributed by atoms with van der Waals surface area (Å²) in [5.41, 5.74) is 1.74. The molecule has 0 aliphatic carbocycles. The summed E-state index contributed by atoms with van der Waals surface area (Å²) in [6, 6.07) is 20.0. The van der Waals surface area contributed by atoms with Crippen molar-refractivity contribution in [2.75, 3.05) is 49.3 Å². The van der Waals surface area contributed by atoms with Gasteiger partial charge in [-0.15, -0.1) is 6.58 Å². The molecular weight excluding hydrogens is 732 g/mol. The average molecular weight is 787 g/mol. The molecule has 0 saturated carbocycles. The molecule has 1 fully saturated rings. The van der Waals surface area contributed by atoms with Gasteiger partial charge in [-0.1, -0.05) is 43.3 Å². The third-order valence-corrected chi connectivity index (χ3v) is 13.8. The van der Waals surface area contributed by atoms with E-state index in [-0.39, 0.29) is 57.0 Å². The van der Waals surface area contributed by atoms with Gasteiger partial charge in [0.05, 0.1) is 43.2 Å². The topological polar surface area (TPSA) is 132 Å². The number of unbranched alkanes of at least 4 members (excludes halogenated alkanes) is 1. The van der Waals surface area contributed by atoms with E-state index in [1.807, 2.05) is 80.6 Å². The monoisotopic (exact) mass is 786 g/mol. The number of aliphatic hydroxyl groups is 2. The number of amides is 3. The van der Waals surface area contributed by atoms with Crippen molar-refractivity contribution in [3.8, 4) is 5.75 Å². The number of hydrogen-bond acceptors (Lipinski definition) is 8. The maximum Gasteiger partial charge on any atom is 0.264 e. The van der Waals surface area contributed by atoms with Crippen molar-refractivity contribution >= 4 is 43.2 Å². The minimum absolute atomic E-state index is 0.0679. The van der Waals surface area contributed by atoms with Crippen LogP contribution in [0.2, 0.25) is 18.6 Å². The first-order chi connectivity index (χ1) is 26.9. The van der Waals surface area contributed by atoms with Gasteiger partial charge in [-0.05, 0) is 93.4 Å². The van der Waals surface area contributed by atoms with Gasteiger partial charge in [0.2, 0.25) is 20.2 Å². The molecule has 0 radical (unpaired) electrons. The lowest BCUT2D eigenvalue weighted by Crippen LogP contribution is -2.49. The van der Waals surface area contributed by atoms with Crippen molar-refractivity contribution in [2.45, 2.75) is 82.5 Å². The number of nitrogens with one attached hydrogen (secondary N) is 1. The maximum absolute atomic E-state index is 16.7. The second kappa shape index (κ2) is 17.4. The number of carbonyl (C=O) groups excluding carboxylic acids is 3. The highest BCUT2D eigenvalue weighted by molar-refractivity contribution is 6.72. The molecule has 3 heterocycles. The number of nitrogens with zero attached hydrogens (tertiary/aromatic N) is 3. The van der Waals surface area contributed by atoms with Gasteiger partial charge in [-0.2, -0.15) is 0 Å². The van der Waals surface area contributed by atoms with E-state index in [4.69, 9.17) is 9.47 Å². The van der Waals surface area contributed by atoms with Crippen LogP contribution in [0.3, 0.4) is 0 Å². The molecule has 3 aromatic rings. The summed E-state index contributed by atoms with van der Waals surface area (Å²) >= 11 is 0. The number of anilines is 3. The van der Waals surface area contributed by atoms with Crippen molar-refractivity contribution < 1.29 is 38.2 Å². The Labute approximate surface area is 330 Å². The summed E-state index contributed by atoms with van der Waals surface area (Å²) < 4.78 is 29.4. The molecule has 3 amide bonds. The van der Waals surface area contributed by atoms with Crippen LogP contribution in [0.25, 0.3) is 0 Å². The van der Waals surface area contributed by atoms with Crippen LogP contribution in [-0.4, -0.2) is 92.8 Å². The molecule has 0 bridgehead atoms. The first-order valence-corrected chi connectivity index (χ1v) is 22.7. The number of halogens is 1. The van der Waals surface area contributed by atoms with Crippen molar-refractivity contribution in [1.82, 2.24) is 10.2 Å². The van der Waals surface area contributed by atoms with Gasteiger partial charge in [0.1, 0.15) is 5.75 Å². The lowest BCUT2D eigenvalue weighted by molar-refractivity contribution is -0.149. The van der Waals surface area contributed by atoms with E-state index >= 15 is 4.11 Å². The largest absolute Gasteiger partial charge is 0.494 e. The highest BCUT2D eigenvalue weighted by Gasteiger charge is 2.67. The zero-order chi connectivity index (χ0) is 40.2. The molecule has 1 saturated heterocycles. The third kappa shape index (κ3) is 7.92. The van der Waals surface area contributed by atoms with Crippen molar-refractivity contribution in [3.05, 3.63) is 96.1 Å². The van der Waals surface area contributed by atoms with Gasteiger partial charge in [0.15, 0.2) is 5.60 Å². The molecule has 13 heteroatoms. The van der Waals surface area contributed by atoms with Crippen LogP contribution in [0.4, 0.5) is 21.2 Å². The molecule has 3 aliphatic rings. The summed E-state index contributed by atoms with van der Waals surface area (Å²) in [7, 11) is -3.61. The standard InChI is InChI=1S/C43H55FN4O7Si/c1-6-20-47-37-17-15-32(48-36-18-16-33(54-7-2)24-31(36)25-35(41(48)52)45-19-11-12-22-49)26-34(37)43(42(47)53)29(3)40(56(4,5)44)38(55-43)27-39(51)46(21-23-50)28-30-13-9-8-10-14-30/h6,8-10,13-18,24,26,29,35,38,40,45,49-50H,1,7,11-12,19-23,25,27-28H2,2-5H3/t29-,35?,38+,40-,43+/m1/s1. The zero-order valence-electron chi connectivity index (χ0n) is 32.9. The smallest absolute Gasteiger partial charge is 0.264 e. The molecule has 300 valence electrons. The number of hydrogen-bond donors (Lipinski definition) is 3. The van der Waals surface area contributed by atoms with Gasteiger partial charge in [-0.3, -0.25) is 19.3 Å². The zero-order valence-corrected chi connectivity index (χ0v) is 33.9. The lowest BCUT2D eigenvalue weighted by atomic mass is 9.82. The van der Waals surface area contributed by atoms with Crippen molar-refractivity contribution in [1.29, 1.82) is 0 Å². The maximum atomic E-state index is 16.7. The molecule has 1 unspecified atom stereocenters. The second-order valence-corrected chi connectivity index (χ2v) is 19.2. The highest BCUT2D eigenvalue weighted by atomic mass is 28.4. The van der Waals surface area contributed by atoms with Crippen molar-refractivity contribution in [3.63, 3.8) is 0 Å². The minimum atomic E-state index is -3.61. The molecule has 11 nitrogen and oxygen atoms in total.